The Kier molecular flexibility index (Phi) is 6.37. The number of rotatable bonds is 7. The molecule has 1 unspecified atom stereocenters. The van der Waals surface area contributed by atoms with Gasteiger partial charge in [0, 0.05) is 12.6 Å². The van der Waals surface area contributed by atoms with Crippen LogP contribution in [-0.2, 0) is 6.42 Å². The van der Waals surface area contributed by atoms with Crippen LogP contribution in [-0.4, -0.2) is 32.1 Å². The summed E-state index contributed by atoms with van der Waals surface area (Å²) in [6, 6.07) is 9.49. The summed E-state index contributed by atoms with van der Waals surface area (Å²) in [7, 11) is 4.20. The van der Waals surface area contributed by atoms with E-state index in [4.69, 9.17) is 0 Å². The van der Waals surface area contributed by atoms with Gasteiger partial charge in [-0.1, -0.05) is 45.0 Å². The van der Waals surface area contributed by atoms with Gasteiger partial charge in [0.1, 0.15) is 0 Å². The lowest BCUT2D eigenvalue weighted by atomic mass is 9.99. The summed E-state index contributed by atoms with van der Waals surface area (Å²) in [4.78, 5) is 2.34. The number of nitrogens with zero attached hydrogens (tertiary/aromatic N) is 1. The Morgan fingerprint density at radius 1 is 1.17 bits per heavy atom. The molecule has 1 aromatic rings. The van der Waals surface area contributed by atoms with Gasteiger partial charge >= 0.3 is 0 Å². The Morgan fingerprint density at radius 3 is 2.22 bits per heavy atom. The summed E-state index contributed by atoms with van der Waals surface area (Å²) in [5.74, 6) is 0.724. The molecule has 0 bridgehead atoms. The van der Waals surface area contributed by atoms with Crippen LogP contribution in [0.2, 0.25) is 0 Å². The molecule has 18 heavy (non-hydrogen) atoms. The topological polar surface area (TPSA) is 15.3 Å². The quantitative estimate of drug-likeness (QED) is 0.797. The highest BCUT2D eigenvalue weighted by molar-refractivity contribution is 5.25. The first-order valence-corrected chi connectivity index (χ1v) is 7.01. The van der Waals surface area contributed by atoms with E-state index in [2.05, 4.69) is 62.3 Å². The zero-order valence-electron chi connectivity index (χ0n) is 12.5. The second-order valence-corrected chi connectivity index (χ2v) is 5.54. The molecule has 102 valence electrons. The van der Waals surface area contributed by atoms with Crippen LogP contribution in [0.1, 0.15) is 37.9 Å². The summed E-state index contributed by atoms with van der Waals surface area (Å²) in [5, 5.41) is 3.40. The van der Waals surface area contributed by atoms with Gasteiger partial charge < -0.3 is 10.2 Å². The predicted octanol–water partition coefficient (Wildman–Crippen LogP) is 3.10. The fourth-order valence-electron chi connectivity index (χ4n) is 2.16. The molecule has 1 aromatic carbocycles. The summed E-state index contributed by atoms with van der Waals surface area (Å²) in [6.07, 6.45) is 1.17. The van der Waals surface area contributed by atoms with Crippen LogP contribution in [0, 0.1) is 5.92 Å². The van der Waals surface area contributed by atoms with Gasteiger partial charge in [-0.25, -0.2) is 0 Å². The number of nitrogens with one attached hydrogen (secondary N) is 1. The van der Waals surface area contributed by atoms with Crippen LogP contribution in [0.5, 0.6) is 0 Å². The van der Waals surface area contributed by atoms with Crippen molar-refractivity contribution in [2.75, 3.05) is 27.2 Å². The molecule has 0 amide bonds. The van der Waals surface area contributed by atoms with E-state index >= 15 is 0 Å². The summed E-state index contributed by atoms with van der Waals surface area (Å²) in [6.45, 7) is 8.86. The maximum absolute atomic E-state index is 3.40. The molecule has 1 atom stereocenters. The van der Waals surface area contributed by atoms with Crippen molar-refractivity contribution in [1.29, 1.82) is 0 Å². The lowest BCUT2D eigenvalue weighted by Gasteiger charge is -2.23. The number of hydrogen-bond acceptors (Lipinski definition) is 2. The van der Waals surface area contributed by atoms with Crippen molar-refractivity contribution in [2.24, 2.45) is 5.92 Å². The third kappa shape index (κ3) is 4.79. The van der Waals surface area contributed by atoms with Gasteiger partial charge in [0.15, 0.2) is 0 Å². The minimum absolute atomic E-state index is 0.419. The summed E-state index contributed by atoms with van der Waals surface area (Å²) < 4.78 is 0. The first kappa shape index (κ1) is 15.2. The molecule has 0 fully saturated rings. The molecule has 1 rings (SSSR count). The first-order chi connectivity index (χ1) is 8.56. The fourth-order valence-corrected chi connectivity index (χ4v) is 2.16. The van der Waals surface area contributed by atoms with Gasteiger partial charge in [-0.15, -0.1) is 0 Å². The van der Waals surface area contributed by atoms with Gasteiger partial charge in [-0.3, -0.25) is 0 Å². The molecular weight excluding hydrogens is 220 g/mol. The third-order valence-electron chi connectivity index (χ3n) is 3.41. The van der Waals surface area contributed by atoms with Gasteiger partial charge in [0.2, 0.25) is 0 Å². The lowest BCUT2D eigenvalue weighted by molar-refractivity contribution is 0.311. The van der Waals surface area contributed by atoms with Crippen molar-refractivity contribution in [2.45, 2.75) is 33.2 Å². The van der Waals surface area contributed by atoms with Gasteiger partial charge in [0.05, 0.1) is 0 Å². The molecule has 0 radical (unpaired) electrons. The minimum atomic E-state index is 0.419. The molecule has 0 spiro atoms. The van der Waals surface area contributed by atoms with E-state index in [-0.39, 0.29) is 0 Å². The van der Waals surface area contributed by atoms with Crippen molar-refractivity contribution in [3.63, 3.8) is 0 Å². The van der Waals surface area contributed by atoms with Crippen LogP contribution in [0.15, 0.2) is 24.3 Å². The molecule has 0 aliphatic rings. The molecule has 2 nitrogen and oxygen atoms in total. The van der Waals surface area contributed by atoms with Gasteiger partial charge in [-0.2, -0.15) is 0 Å². The third-order valence-corrected chi connectivity index (χ3v) is 3.41. The van der Waals surface area contributed by atoms with E-state index in [1.54, 1.807) is 0 Å². The minimum Gasteiger partial charge on any atom is -0.312 e. The highest BCUT2D eigenvalue weighted by Crippen LogP contribution is 2.16. The normalized spacial score (nSPS) is 13.3. The average molecular weight is 248 g/mol. The Hall–Kier alpha value is -0.860. The van der Waals surface area contributed by atoms with E-state index in [1.807, 2.05) is 7.05 Å². The van der Waals surface area contributed by atoms with Crippen molar-refractivity contribution in [1.82, 2.24) is 10.2 Å². The van der Waals surface area contributed by atoms with Gasteiger partial charge in [-0.05, 0) is 44.1 Å². The van der Waals surface area contributed by atoms with E-state index in [0.29, 0.717) is 6.04 Å². The Bertz CT molecular complexity index is 329. The molecule has 0 saturated carbocycles. The highest BCUT2D eigenvalue weighted by Gasteiger charge is 2.11. The molecule has 2 heteroatoms. The molecule has 0 aliphatic heterocycles. The standard InChI is InChI=1S/C16H28N2/c1-6-18(5)12-16(17-4)15-9-7-14(8-10-15)11-13(2)3/h7-10,13,16-17H,6,11-12H2,1-5H3. The van der Waals surface area contributed by atoms with Gasteiger partial charge in [0.25, 0.3) is 0 Å². The molecule has 0 saturated heterocycles. The van der Waals surface area contributed by atoms with Crippen LogP contribution < -0.4 is 5.32 Å². The van der Waals surface area contributed by atoms with Crippen LogP contribution in [0.4, 0.5) is 0 Å². The van der Waals surface area contributed by atoms with E-state index in [9.17, 15) is 0 Å². The maximum atomic E-state index is 3.40. The van der Waals surface area contributed by atoms with E-state index < -0.39 is 0 Å². The van der Waals surface area contributed by atoms with Crippen molar-refractivity contribution in [3.8, 4) is 0 Å². The zero-order valence-corrected chi connectivity index (χ0v) is 12.5. The number of benzene rings is 1. The first-order valence-electron chi connectivity index (χ1n) is 7.01. The maximum Gasteiger partial charge on any atom is 0.0446 e. The van der Waals surface area contributed by atoms with E-state index in [0.717, 1.165) is 19.0 Å². The largest absolute Gasteiger partial charge is 0.312 e. The number of hydrogen-bond donors (Lipinski definition) is 1. The monoisotopic (exact) mass is 248 g/mol. The molecule has 0 heterocycles. The molecule has 0 aromatic heterocycles. The summed E-state index contributed by atoms with van der Waals surface area (Å²) in [5.41, 5.74) is 2.82. The second-order valence-electron chi connectivity index (χ2n) is 5.54. The lowest BCUT2D eigenvalue weighted by Crippen LogP contribution is -2.31. The average Bonchev–Trinajstić information content (AvgIpc) is 2.36. The Balaban J connectivity index is 2.69. The molecule has 1 N–H and O–H groups in total. The Morgan fingerprint density at radius 2 is 1.78 bits per heavy atom. The van der Waals surface area contributed by atoms with Crippen LogP contribution >= 0.6 is 0 Å². The second kappa shape index (κ2) is 7.55. The molecule has 0 aliphatic carbocycles. The number of likely N-dealkylation sites (N-methyl/N-ethyl adjacent to an activating group) is 2. The van der Waals surface area contributed by atoms with Crippen LogP contribution in [0.25, 0.3) is 0 Å². The van der Waals surface area contributed by atoms with Crippen molar-refractivity contribution in [3.05, 3.63) is 35.4 Å². The Labute approximate surface area is 112 Å². The summed E-state index contributed by atoms with van der Waals surface area (Å²) >= 11 is 0. The predicted molar refractivity (Wildman–Crippen MR) is 80.0 cm³/mol. The molecular formula is C16H28N2. The van der Waals surface area contributed by atoms with E-state index in [1.165, 1.54) is 17.5 Å². The highest BCUT2D eigenvalue weighted by atomic mass is 15.1. The SMILES string of the molecule is CCN(C)CC(NC)c1ccc(CC(C)C)cc1. The van der Waals surface area contributed by atoms with Crippen molar-refractivity contribution < 1.29 is 0 Å². The van der Waals surface area contributed by atoms with Crippen molar-refractivity contribution >= 4 is 0 Å². The smallest absolute Gasteiger partial charge is 0.0446 e. The zero-order chi connectivity index (χ0) is 13.5. The fraction of sp³-hybridized carbons (Fsp3) is 0.625. The van der Waals surface area contributed by atoms with Crippen LogP contribution in [0.3, 0.4) is 0 Å².